The van der Waals surface area contributed by atoms with Crippen molar-refractivity contribution in [2.75, 3.05) is 6.61 Å². The minimum Gasteiger partial charge on any atom is -0.394 e. The van der Waals surface area contributed by atoms with Gasteiger partial charge in [0.25, 0.3) is 0 Å². The van der Waals surface area contributed by atoms with E-state index in [2.05, 4.69) is 10.2 Å². The molecule has 0 amide bonds. The van der Waals surface area contributed by atoms with E-state index in [9.17, 15) is 15.0 Å². The quantitative estimate of drug-likeness (QED) is 0.401. The molecule has 8 heteroatoms. The fourth-order valence-electron chi connectivity index (χ4n) is 1.86. The SMILES string of the molecule is O=c1cc([C@@H]2O[C@H](CO)[C@@H](O)[C@H]2O)[nH]nc1CO. The molecule has 5 N–H and O–H groups in total. The van der Waals surface area contributed by atoms with Gasteiger partial charge in [0.05, 0.1) is 18.9 Å². The van der Waals surface area contributed by atoms with Crippen molar-refractivity contribution in [1.82, 2.24) is 10.2 Å². The molecule has 0 unspecified atom stereocenters. The lowest BCUT2D eigenvalue weighted by Gasteiger charge is -2.14. The molecule has 1 aromatic rings. The number of rotatable bonds is 3. The molecule has 18 heavy (non-hydrogen) atoms. The Bertz CT molecular complexity index is 476. The van der Waals surface area contributed by atoms with Crippen LogP contribution in [0.3, 0.4) is 0 Å². The van der Waals surface area contributed by atoms with Crippen LogP contribution in [0, 0.1) is 0 Å². The van der Waals surface area contributed by atoms with Gasteiger partial charge in [-0.1, -0.05) is 0 Å². The fraction of sp³-hybridized carbons (Fsp3) is 0.600. The number of aliphatic hydroxyl groups excluding tert-OH is 4. The van der Waals surface area contributed by atoms with Gasteiger partial charge in [-0.2, -0.15) is 5.10 Å². The maximum absolute atomic E-state index is 11.5. The lowest BCUT2D eigenvalue weighted by molar-refractivity contribution is -0.0242. The molecule has 1 fully saturated rings. The lowest BCUT2D eigenvalue weighted by Crippen LogP contribution is -2.32. The van der Waals surface area contributed by atoms with Crippen molar-refractivity contribution in [2.45, 2.75) is 31.0 Å². The highest BCUT2D eigenvalue weighted by molar-refractivity contribution is 5.13. The van der Waals surface area contributed by atoms with Crippen LogP contribution in [0.5, 0.6) is 0 Å². The molecule has 1 aromatic heterocycles. The second-order valence-electron chi connectivity index (χ2n) is 4.05. The molecule has 100 valence electrons. The van der Waals surface area contributed by atoms with Crippen molar-refractivity contribution < 1.29 is 25.2 Å². The topological polar surface area (TPSA) is 136 Å². The van der Waals surface area contributed by atoms with Gasteiger partial charge in [0.15, 0.2) is 0 Å². The maximum atomic E-state index is 11.5. The predicted octanol–water partition coefficient (Wildman–Crippen LogP) is -2.58. The van der Waals surface area contributed by atoms with E-state index in [1.54, 1.807) is 0 Å². The fourth-order valence-corrected chi connectivity index (χ4v) is 1.86. The summed E-state index contributed by atoms with van der Waals surface area (Å²) in [7, 11) is 0. The molecule has 0 saturated carbocycles. The normalized spacial score (nSPS) is 31.8. The highest BCUT2D eigenvalue weighted by Crippen LogP contribution is 2.31. The summed E-state index contributed by atoms with van der Waals surface area (Å²) in [6.07, 6.45) is -4.38. The number of hydrogen-bond donors (Lipinski definition) is 5. The number of aromatic amines is 1. The van der Waals surface area contributed by atoms with Crippen LogP contribution < -0.4 is 5.43 Å². The monoisotopic (exact) mass is 258 g/mol. The summed E-state index contributed by atoms with van der Waals surface area (Å²) < 4.78 is 5.23. The van der Waals surface area contributed by atoms with Gasteiger partial charge in [-0.25, -0.2) is 0 Å². The van der Waals surface area contributed by atoms with Crippen molar-refractivity contribution in [2.24, 2.45) is 0 Å². The van der Waals surface area contributed by atoms with E-state index in [0.29, 0.717) is 0 Å². The van der Waals surface area contributed by atoms with E-state index in [-0.39, 0.29) is 11.4 Å². The zero-order valence-corrected chi connectivity index (χ0v) is 9.35. The van der Waals surface area contributed by atoms with Crippen molar-refractivity contribution in [1.29, 1.82) is 0 Å². The number of aromatic nitrogens is 2. The van der Waals surface area contributed by atoms with Gasteiger partial charge in [-0.05, 0) is 0 Å². The molecule has 1 aliphatic heterocycles. The van der Waals surface area contributed by atoms with Gasteiger partial charge >= 0.3 is 0 Å². The third-order valence-corrected chi connectivity index (χ3v) is 2.89. The predicted molar refractivity (Wildman–Crippen MR) is 57.5 cm³/mol. The number of aliphatic hydroxyl groups is 4. The second kappa shape index (κ2) is 5.12. The van der Waals surface area contributed by atoms with E-state index in [1.807, 2.05) is 0 Å². The van der Waals surface area contributed by atoms with E-state index < -0.39 is 43.1 Å². The summed E-state index contributed by atoms with van der Waals surface area (Å²) in [5.74, 6) is 0. The van der Waals surface area contributed by atoms with E-state index in [0.717, 1.165) is 6.07 Å². The molecule has 2 heterocycles. The van der Waals surface area contributed by atoms with Crippen LogP contribution in [0.15, 0.2) is 10.9 Å². The number of nitrogens with zero attached hydrogens (tertiary/aromatic N) is 1. The molecule has 1 saturated heterocycles. The Kier molecular flexibility index (Phi) is 3.73. The summed E-state index contributed by atoms with van der Waals surface area (Å²) in [5, 5.41) is 43.2. The number of hydrogen-bond acceptors (Lipinski definition) is 7. The first-order valence-corrected chi connectivity index (χ1v) is 5.40. The summed E-state index contributed by atoms with van der Waals surface area (Å²) in [5.41, 5.74) is -0.366. The standard InChI is InChI=1S/C10H14N2O6/c13-2-5-6(15)1-4(11-12-5)10-9(17)8(16)7(3-14)18-10/h1,7-10,13-14,16-17H,2-3H2,(H,11,15)/t7-,8-,9-,10+/m1/s1. The van der Waals surface area contributed by atoms with E-state index in [1.165, 1.54) is 0 Å². The molecule has 0 spiro atoms. The van der Waals surface area contributed by atoms with Gasteiger partial charge in [-0.3, -0.25) is 9.89 Å². The van der Waals surface area contributed by atoms with Crippen LogP contribution in [0.25, 0.3) is 0 Å². The van der Waals surface area contributed by atoms with Crippen LogP contribution in [-0.4, -0.2) is 55.5 Å². The summed E-state index contributed by atoms with van der Waals surface area (Å²) in [4.78, 5) is 11.5. The smallest absolute Gasteiger partial charge is 0.206 e. The van der Waals surface area contributed by atoms with Crippen molar-refractivity contribution in [3.63, 3.8) is 0 Å². The molecule has 4 atom stereocenters. The molecule has 1 aliphatic rings. The minimum absolute atomic E-state index is 0.0505. The zero-order chi connectivity index (χ0) is 13.3. The van der Waals surface area contributed by atoms with Crippen LogP contribution in [0.2, 0.25) is 0 Å². The number of ether oxygens (including phenoxy) is 1. The van der Waals surface area contributed by atoms with Crippen LogP contribution in [-0.2, 0) is 11.3 Å². The Morgan fingerprint density at radius 1 is 1.33 bits per heavy atom. The Hall–Kier alpha value is -1.32. The summed E-state index contributed by atoms with van der Waals surface area (Å²) >= 11 is 0. The summed E-state index contributed by atoms with van der Waals surface area (Å²) in [6, 6.07) is 1.14. The molecular formula is C10H14N2O6. The summed E-state index contributed by atoms with van der Waals surface area (Å²) in [6.45, 7) is -0.938. The first-order chi connectivity index (χ1) is 8.58. The number of nitrogens with one attached hydrogen (secondary N) is 1. The van der Waals surface area contributed by atoms with E-state index >= 15 is 0 Å². The number of H-pyrrole nitrogens is 1. The molecule has 8 nitrogen and oxygen atoms in total. The Balaban J connectivity index is 2.27. The van der Waals surface area contributed by atoms with Crippen molar-refractivity contribution >= 4 is 0 Å². The third-order valence-electron chi connectivity index (χ3n) is 2.89. The van der Waals surface area contributed by atoms with Gasteiger partial charge in [0.1, 0.15) is 30.1 Å². The van der Waals surface area contributed by atoms with Gasteiger partial charge in [-0.15, -0.1) is 0 Å². The van der Waals surface area contributed by atoms with Crippen molar-refractivity contribution in [3.05, 3.63) is 27.7 Å². The average molecular weight is 258 g/mol. The largest absolute Gasteiger partial charge is 0.394 e. The first-order valence-electron chi connectivity index (χ1n) is 5.40. The molecule has 2 rings (SSSR count). The highest BCUT2D eigenvalue weighted by Gasteiger charge is 2.43. The van der Waals surface area contributed by atoms with Crippen LogP contribution >= 0.6 is 0 Å². The first kappa shape index (κ1) is 13.1. The lowest BCUT2D eigenvalue weighted by atomic mass is 10.1. The molecular weight excluding hydrogens is 244 g/mol. The second-order valence-corrected chi connectivity index (χ2v) is 4.05. The minimum atomic E-state index is -1.26. The Labute approximate surface area is 101 Å². The van der Waals surface area contributed by atoms with Crippen LogP contribution in [0.4, 0.5) is 0 Å². The Morgan fingerprint density at radius 2 is 2.06 bits per heavy atom. The third kappa shape index (κ3) is 2.16. The zero-order valence-electron chi connectivity index (χ0n) is 9.35. The Morgan fingerprint density at radius 3 is 2.56 bits per heavy atom. The average Bonchev–Trinajstić information content (AvgIpc) is 2.66. The van der Waals surface area contributed by atoms with Gasteiger partial charge in [0.2, 0.25) is 5.43 Å². The molecule has 0 aliphatic carbocycles. The van der Waals surface area contributed by atoms with Gasteiger partial charge in [0, 0.05) is 6.07 Å². The van der Waals surface area contributed by atoms with Gasteiger partial charge < -0.3 is 25.2 Å². The van der Waals surface area contributed by atoms with E-state index in [4.69, 9.17) is 14.9 Å². The highest BCUT2D eigenvalue weighted by atomic mass is 16.6. The molecule has 0 aromatic carbocycles. The van der Waals surface area contributed by atoms with Crippen molar-refractivity contribution in [3.8, 4) is 0 Å². The maximum Gasteiger partial charge on any atom is 0.206 e. The van der Waals surface area contributed by atoms with Crippen LogP contribution in [0.1, 0.15) is 17.5 Å². The molecule has 0 bridgehead atoms. The molecule has 0 radical (unpaired) electrons.